The minimum atomic E-state index is -0.371. The van der Waals surface area contributed by atoms with E-state index >= 15 is 0 Å². The van der Waals surface area contributed by atoms with Crippen LogP contribution in [-0.2, 0) is 4.74 Å². The van der Waals surface area contributed by atoms with Crippen molar-refractivity contribution in [1.82, 2.24) is 0 Å². The molecular weight excluding hydrogens is 496 g/mol. The van der Waals surface area contributed by atoms with Gasteiger partial charge in [-0.05, 0) is 85.7 Å². The Morgan fingerprint density at radius 2 is 1.25 bits per heavy atom. The summed E-state index contributed by atoms with van der Waals surface area (Å²) in [4.78, 5) is 12.8. The van der Waals surface area contributed by atoms with Crippen molar-refractivity contribution in [2.75, 3.05) is 6.61 Å². The standard InChI is InChI=1S/C36H48O4/c1-5-8-9-10-11-12-14-33(13-6-2)39-34-23-25-35(26-24-34)40-36(37)32-21-19-31(20-22-32)30-17-15-29(16-18-30)28(4)38-27-7-3/h15-26,28,33H,5-14,27H2,1-4H3. The molecule has 0 saturated heterocycles. The second kappa shape index (κ2) is 17.6. The molecule has 2 unspecified atom stereocenters. The molecule has 4 nitrogen and oxygen atoms in total. The van der Waals surface area contributed by atoms with Crippen LogP contribution in [0.25, 0.3) is 11.1 Å². The third-order valence-electron chi connectivity index (χ3n) is 7.23. The molecule has 2 atom stereocenters. The van der Waals surface area contributed by atoms with Gasteiger partial charge in [-0.15, -0.1) is 0 Å². The van der Waals surface area contributed by atoms with E-state index in [0.29, 0.717) is 11.3 Å². The van der Waals surface area contributed by atoms with E-state index in [1.54, 1.807) is 0 Å². The maximum absolute atomic E-state index is 12.8. The summed E-state index contributed by atoms with van der Waals surface area (Å²) >= 11 is 0. The molecule has 0 amide bonds. The first kappa shape index (κ1) is 31.4. The van der Waals surface area contributed by atoms with Crippen LogP contribution in [0.3, 0.4) is 0 Å². The Kier molecular flexibility index (Phi) is 13.8. The van der Waals surface area contributed by atoms with E-state index in [2.05, 4.69) is 52.0 Å². The smallest absolute Gasteiger partial charge is 0.343 e. The van der Waals surface area contributed by atoms with Crippen LogP contribution in [0.4, 0.5) is 0 Å². The van der Waals surface area contributed by atoms with Gasteiger partial charge in [0.25, 0.3) is 0 Å². The SMILES string of the molecule is CCCCCCCCC(CCC)Oc1ccc(OC(=O)c2ccc(-c3ccc(C(C)OCCC)cc3)cc2)cc1. The molecule has 0 spiro atoms. The van der Waals surface area contributed by atoms with Crippen molar-refractivity contribution in [3.8, 4) is 22.6 Å². The second-order valence-corrected chi connectivity index (χ2v) is 10.7. The molecule has 0 N–H and O–H groups in total. The van der Waals surface area contributed by atoms with Crippen LogP contribution in [0.2, 0.25) is 0 Å². The summed E-state index contributed by atoms with van der Waals surface area (Å²) in [5, 5.41) is 0. The van der Waals surface area contributed by atoms with Gasteiger partial charge in [-0.3, -0.25) is 0 Å². The Morgan fingerprint density at radius 3 is 1.88 bits per heavy atom. The highest BCUT2D eigenvalue weighted by molar-refractivity contribution is 5.91. The van der Waals surface area contributed by atoms with Crippen molar-refractivity contribution in [1.29, 1.82) is 0 Å². The highest BCUT2D eigenvalue weighted by atomic mass is 16.5. The predicted octanol–water partition coefficient (Wildman–Crippen LogP) is 10.4. The average Bonchev–Trinajstić information content (AvgIpc) is 2.99. The third-order valence-corrected chi connectivity index (χ3v) is 7.23. The van der Waals surface area contributed by atoms with Crippen LogP contribution in [0.1, 0.15) is 114 Å². The van der Waals surface area contributed by atoms with Crippen molar-refractivity contribution in [3.63, 3.8) is 0 Å². The highest BCUT2D eigenvalue weighted by Crippen LogP contribution is 2.26. The number of ether oxygens (including phenoxy) is 3. The number of rotatable bonds is 18. The number of hydrogen-bond donors (Lipinski definition) is 0. The molecule has 40 heavy (non-hydrogen) atoms. The van der Waals surface area contributed by atoms with Crippen molar-refractivity contribution < 1.29 is 19.0 Å². The molecular formula is C36H48O4. The molecule has 3 rings (SSSR count). The van der Waals surface area contributed by atoms with Crippen LogP contribution in [0.5, 0.6) is 11.5 Å². The minimum Gasteiger partial charge on any atom is -0.490 e. The summed E-state index contributed by atoms with van der Waals surface area (Å²) in [5.41, 5.74) is 3.82. The molecule has 216 valence electrons. The van der Waals surface area contributed by atoms with Gasteiger partial charge in [-0.2, -0.15) is 0 Å². The minimum absolute atomic E-state index is 0.0784. The van der Waals surface area contributed by atoms with Gasteiger partial charge in [-0.25, -0.2) is 4.79 Å². The van der Waals surface area contributed by atoms with E-state index in [-0.39, 0.29) is 18.2 Å². The lowest BCUT2D eigenvalue weighted by atomic mass is 10.0. The van der Waals surface area contributed by atoms with Crippen LogP contribution in [0.15, 0.2) is 72.8 Å². The number of carbonyl (C=O) groups excluding carboxylic acids is 1. The molecule has 0 fully saturated rings. The largest absolute Gasteiger partial charge is 0.490 e. The zero-order valence-corrected chi connectivity index (χ0v) is 25.0. The summed E-state index contributed by atoms with van der Waals surface area (Å²) in [5.74, 6) is 0.967. The van der Waals surface area contributed by atoms with E-state index in [1.807, 2.05) is 48.5 Å². The molecule has 0 saturated carbocycles. The molecule has 0 aliphatic rings. The van der Waals surface area contributed by atoms with Crippen LogP contribution in [0, 0.1) is 0 Å². The topological polar surface area (TPSA) is 44.8 Å². The van der Waals surface area contributed by atoms with Crippen LogP contribution < -0.4 is 9.47 Å². The monoisotopic (exact) mass is 544 g/mol. The average molecular weight is 545 g/mol. The first-order valence-electron chi connectivity index (χ1n) is 15.3. The molecule has 4 heteroatoms. The van der Waals surface area contributed by atoms with Crippen molar-refractivity contribution >= 4 is 5.97 Å². The zero-order valence-electron chi connectivity index (χ0n) is 25.0. The number of hydrogen-bond acceptors (Lipinski definition) is 4. The molecule has 0 radical (unpaired) electrons. The van der Waals surface area contributed by atoms with Gasteiger partial charge in [0.15, 0.2) is 0 Å². The van der Waals surface area contributed by atoms with E-state index in [0.717, 1.165) is 54.7 Å². The Bertz CT molecular complexity index is 1100. The number of benzene rings is 3. The third kappa shape index (κ3) is 10.5. The predicted molar refractivity (Wildman–Crippen MR) is 165 cm³/mol. The van der Waals surface area contributed by atoms with E-state index in [1.165, 1.54) is 38.5 Å². The molecule has 0 aliphatic heterocycles. The van der Waals surface area contributed by atoms with Crippen molar-refractivity contribution in [2.24, 2.45) is 0 Å². The fourth-order valence-electron chi connectivity index (χ4n) is 4.82. The van der Waals surface area contributed by atoms with Gasteiger partial charge >= 0.3 is 5.97 Å². The van der Waals surface area contributed by atoms with Crippen LogP contribution in [-0.4, -0.2) is 18.7 Å². The van der Waals surface area contributed by atoms with Gasteiger partial charge in [0.1, 0.15) is 11.5 Å². The molecule has 3 aromatic rings. The van der Waals surface area contributed by atoms with Gasteiger partial charge in [0.2, 0.25) is 0 Å². The highest BCUT2D eigenvalue weighted by Gasteiger charge is 2.12. The maximum Gasteiger partial charge on any atom is 0.343 e. The first-order chi connectivity index (χ1) is 19.5. The molecule has 3 aromatic carbocycles. The zero-order chi connectivity index (χ0) is 28.6. The maximum atomic E-state index is 12.8. The summed E-state index contributed by atoms with van der Waals surface area (Å²) < 4.78 is 17.7. The quantitative estimate of drug-likeness (QED) is 0.0907. The lowest BCUT2D eigenvalue weighted by Crippen LogP contribution is -2.16. The summed E-state index contributed by atoms with van der Waals surface area (Å²) in [7, 11) is 0. The second-order valence-electron chi connectivity index (χ2n) is 10.7. The Hall–Kier alpha value is -3.11. The van der Waals surface area contributed by atoms with Crippen molar-refractivity contribution in [2.45, 2.75) is 104 Å². The number of carbonyl (C=O) groups is 1. The Balaban J connectivity index is 1.50. The molecule has 0 bridgehead atoms. The first-order valence-corrected chi connectivity index (χ1v) is 15.3. The number of unbranched alkanes of at least 4 members (excludes halogenated alkanes) is 5. The van der Waals surface area contributed by atoms with E-state index < -0.39 is 0 Å². The van der Waals surface area contributed by atoms with Gasteiger partial charge in [0.05, 0.1) is 17.8 Å². The fraction of sp³-hybridized carbons (Fsp3) is 0.472. The molecule has 0 aliphatic carbocycles. The van der Waals surface area contributed by atoms with Gasteiger partial charge in [0, 0.05) is 6.61 Å². The Morgan fingerprint density at radius 1 is 0.650 bits per heavy atom. The lowest BCUT2D eigenvalue weighted by molar-refractivity contribution is 0.0662. The van der Waals surface area contributed by atoms with E-state index in [9.17, 15) is 4.79 Å². The van der Waals surface area contributed by atoms with Gasteiger partial charge in [-0.1, -0.05) is 95.7 Å². The normalized spacial score (nSPS) is 12.6. The molecule has 0 aromatic heterocycles. The summed E-state index contributed by atoms with van der Waals surface area (Å²) in [6.45, 7) is 9.40. The summed E-state index contributed by atoms with van der Waals surface area (Å²) in [6, 6.07) is 23.3. The summed E-state index contributed by atoms with van der Waals surface area (Å²) in [6.07, 6.45) is 12.3. The lowest BCUT2D eigenvalue weighted by Gasteiger charge is -2.19. The van der Waals surface area contributed by atoms with Crippen molar-refractivity contribution in [3.05, 3.63) is 83.9 Å². The van der Waals surface area contributed by atoms with E-state index in [4.69, 9.17) is 14.2 Å². The fourth-order valence-corrected chi connectivity index (χ4v) is 4.82. The number of esters is 1. The molecule has 0 heterocycles. The van der Waals surface area contributed by atoms with Crippen LogP contribution >= 0.6 is 0 Å². The Labute approximate surface area is 242 Å². The van der Waals surface area contributed by atoms with Gasteiger partial charge < -0.3 is 14.2 Å².